The van der Waals surface area contributed by atoms with E-state index in [4.69, 9.17) is 0 Å². The fourth-order valence-corrected chi connectivity index (χ4v) is 7.35. The van der Waals surface area contributed by atoms with Crippen LogP contribution in [0.3, 0.4) is 0 Å². The Bertz CT molecular complexity index is 868. The minimum Gasteiger partial charge on any atom is -0.345 e. The van der Waals surface area contributed by atoms with Gasteiger partial charge in [0, 0.05) is 18.4 Å². The van der Waals surface area contributed by atoms with Crippen molar-refractivity contribution in [3.8, 4) is 11.1 Å². The van der Waals surface area contributed by atoms with Gasteiger partial charge >= 0.3 is 0 Å². The Morgan fingerprint density at radius 2 is 1.35 bits per heavy atom. The molecule has 4 rings (SSSR count). The molecule has 0 fully saturated rings. The van der Waals surface area contributed by atoms with E-state index >= 15 is 0 Å². The molecule has 0 atom stereocenters. The summed E-state index contributed by atoms with van der Waals surface area (Å²) in [5, 5.41) is 3.12. The summed E-state index contributed by atoms with van der Waals surface area (Å²) in [6.07, 6.45) is 0. The summed E-state index contributed by atoms with van der Waals surface area (Å²) in [6, 6.07) is 26.3. The number of nitrogens with zero attached hydrogens (tertiary/aromatic N) is 1. The smallest absolute Gasteiger partial charge is 0.116 e. The lowest BCUT2D eigenvalue weighted by atomic mass is 10.0. The van der Waals surface area contributed by atoms with Crippen LogP contribution in [0.15, 0.2) is 72.8 Å². The van der Waals surface area contributed by atoms with Crippen molar-refractivity contribution < 1.29 is 0 Å². The third kappa shape index (κ3) is 2.06. The Labute approximate surface area is 139 Å². The van der Waals surface area contributed by atoms with Crippen LogP contribution in [-0.4, -0.2) is 15.1 Å². The maximum Gasteiger partial charge on any atom is 0.116 e. The highest BCUT2D eigenvalue weighted by molar-refractivity contribution is 7.04. The zero-order valence-electron chi connectivity index (χ0n) is 13.9. The van der Waals surface area contributed by atoms with Crippen LogP contribution in [0.1, 0.15) is 0 Å². The van der Waals surface area contributed by atoms with Crippen LogP contribution in [0.4, 0.5) is 11.4 Å². The Morgan fingerprint density at radius 1 is 0.696 bits per heavy atom. The number of hydrogen-bond donors (Lipinski definition) is 0. The van der Waals surface area contributed by atoms with Gasteiger partial charge in [0.2, 0.25) is 0 Å². The molecular formula is C21H21NSi. The number of para-hydroxylation sites is 1. The lowest BCUT2D eigenvalue weighted by molar-refractivity contribution is 1.22. The van der Waals surface area contributed by atoms with E-state index in [9.17, 15) is 0 Å². The normalized spacial score (nSPS) is 14.2. The summed E-state index contributed by atoms with van der Waals surface area (Å²) in [6.45, 7) is 4.94. The molecule has 0 amide bonds. The Morgan fingerprint density at radius 3 is 2.13 bits per heavy atom. The van der Waals surface area contributed by atoms with Crippen molar-refractivity contribution >= 4 is 29.8 Å². The third-order valence-electron chi connectivity index (χ3n) is 5.06. The van der Waals surface area contributed by atoms with Crippen molar-refractivity contribution in [3.63, 3.8) is 0 Å². The maximum atomic E-state index is 2.47. The van der Waals surface area contributed by atoms with Gasteiger partial charge in [-0.3, -0.25) is 0 Å². The van der Waals surface area contributed by atoms with Crippen molar-refractivity contribution in [2.75, 3.05) is 11.9 Å². The summed E-state index contributed by atoms with van der Waals surface area (Å²) < 4.78 is 0. The number of anilines is 2. The largest absolute Gasteiger partial charge is 0.345 e. The van der Waals surface area contributed by atoms with Gasteiger partial charge in [-0.05, 0) is 39.7 Å². The van der Waals surface area contributed by atoms with Gasteiger partial charge in [0.05, 0.1) is 0 Å². The number of fused-ring (bicyclic) bond motifs is 3. The molecular weight excluding hydrogens is 294 g/mol. The maximum absolute atomic E-state index is 2.47. The molecule has 1 heterocycles. The van der Waals surface area contributed by atoms with E-state index in [2.05, 4.69) is 97.8 Å². The van der Waals surface area contributed by atoms with Crippen molar-refractivity contribution in [3.05, 3.63) is 72.8 Å². The van der Waals surface area contributed by atoms with E-state index in [0.717, 1.165) is 0 Å². The summed E-state index contributed by atoms with van der Waals surface area (Å²) >= 11 is 0. The van der Waals surface area contributed by atoms with E-state index in [-0.39, 0.29) is 0 Å². The number of hydrogen-bond acceptors (Lipinski definition) is 1. The highest BCUT2D eigenvalue weighted by Crippen LogP contribution is 2.34. The van der Waals surface area contributed by atoms with E-state index in [1.807, 2.05) is 0 Å². The first kappa shape index (κ1) is 14.3. The number of benzene rings is 3. The lowest BCUT2D eigenvalue weighted by Gasteiger charge is -2.28. The molecule has 2 heteroatoms. The second-order valence-electron chi connectivity index (χ2n) is 6.76. The Balaban J connectivity index is 1.94. The third-order valence-corrected chi connectivity index (χ3v) is 8.62. The van der Waals surface area contributed by atoms with Gasteiger partial charge in [0.15, 0.2) is 0 Å². The van der Waals surface area contributed by atoms with Crippen LogP contribution >= 0.6 is 0 Å². The van der Waals surface area contributed by atoms with Gasteiger partial charge in [-0.25, -0.2) is 0 Å². The Hall–Kier alpha value is -2.32. The van der Waals surface area contributed by atoms with Crippen LogP contribution in [0.25, 0.3) is 11.1 Å². The monoisotopic (exact) mass is 315 g/mol. The topological polar surface area (TPSA) is 3.24 Å². The van der Waals surface area contributed by atoms with Crippen molar-refractivity contribution in [2.45, 2.75) is 13.1 Å². The molecule has 1 aliphatic heterocycles. The minimum atomic E-state index is -1.66. The second kappa shape index (κ2) is 5.10. The van der Waals surface area contributed by atoms with Gasteiger partial charge in [-0.2, -0.15) is 0 Å². The average Bonchev–Trinajstić information content (AvgIpc) is 2.84. The summed E-state index contributed by atoms with van der Waals surface area (Å²) in [5.41, 5.74) is 5.45. The highest BCUT2D eigenvalue weighted by atomic mass is 28.3. The zero-order valence-corrected chi connectivity index (χ0v) is 14.9. The molecule has 0 aromatic heterocycles. The van der Waals surface area contributed by atoms with Gasteiger partial charge in [-0.1, -0.05) is 67.7 Å². The average molecular weight is 315 g/mol. The predicted octanol–water partition coefficient (Wildman–Crippen LogP) is 4.26. The van der Waals surface area contributed by atoms with Crippen molar-refractivity contribution in [1.82, 2.24) is 0 Å². The molecule has 1 nitrogen and oxygen atoms in total. The molecule has 0 aliphatic carbocycles. The molecule has 0 saturated carbocycles. The van der Waals surface area contributed by atoms with Gasteiger partial charge in [0.25, 0.3) is 0 Å². The SMILES string of the molecule is CN(c1ccccc1)c1cccc2c1[Si](C)(C)c1ccccc1-2. The van der Waals surface area contributed by atoms with Crippen LogP contribution in [0.5, 0.6) is 0 Å². The van der Waals surface area contributed by atoms with Crippen molar-refractivity contribution in [1.29, 1.82) is 0 Å². The zero-order chi connectivity index (χ0) is 16.0. The Kier molecular flexibility index (Phi) is 3.17. The van der Waals surface area contributed by atoms with Gasteiger partial charge in [0.1, 0.15) is 8.07 Å². The first-order chi connectivity index (χ1) is 11.1. The molecule has 1 aliphatic rings. The summed E-state index contributed by atoms with van der Waals surface area (Å²) in [5.74, 6) is 0. The predicted molar refractivity (Wildman–Crippen MR) is 103 cm³/mol. The van der Waals surface area contributed by atoms with Crippen LogP contribution in [-0.2, 0) is 0 Å². The molecule has 0 unspecified atom stereocenters. The number of rotatable bonds is 2. The molecule has 23 heavy (non-hydrogen) atoms. The van der Waals surface area contributed by atoms with Gasteiger partial charge in [-0.15, -0.1) is 0 Å². The first-order valence-corrected chi connectivity index (χ1v) is 11.1. The standard InChI is InChI=1S/C21H21NSi/c1-22(16-10-5-4-6-11-16)19-14-9-13-18-17-12-7-8-15-20(17)23(2,3)21(18)19/h4-15H,1-3H3. The molecule has 3 aromatic rings. The second-order valence-corrected chi connectivity index (χ2v) is 11.1. The molecule has 0 spiro atoms. The van der Waals surface area contributed by atoms with Crippen LogP contribution in [0, 0.1) is 0 Å². The summed E-state index contributed by atoms with van der Waals surface area (Å²) in [7, 11) is 0.516. The van der Waals surface area contributed by atoms with Gasteiger partial charge < -0.3 is 4.90 Å². The summed E-state index contributed by atoms with van der Waals surface area (Å²) in [4.78, 5) is 2.33. The molecule has 0 saturated heterocycles. The van der Waals surface area contributed by atoms with Crippen LogP contribution in [0.2, 0.25) is 13.1 Å². The van der Waals surface area contributed by atoms with E-state index in [0.29, 0.717) is 0 Å². The molecule has 0 bridgehead atoms. The minimum absolute atomic E-state index is 1.24. The van der Waals surface area contributed by atoms with E-state index in [1.54, 1.807) is 10.4 Å². The lowest BCUT2D eigenvalue weighted by Crippen LogP contribution is -2.50. The quantitative estimate of drug-likeness (QED) is 0.639. The fraction of sp³-hybridized carbons (Fsp3) is 0.143. The highest BCUT2D eigenvalue weighted by Gasteiger charge is 2.39. The van der Waals surface area contributed by atoms with Crippen molar-refractivity contribution in [2.24, 2.45) is 0 Å². The van der Waals surface area contributed by atoms with E-state index < -0.39 is 8.07 Å². The molecule has 0 radical (unpaired) electrons. The molecule has 0 N–H and O–H groups in total. The van der Waals surface area contributed by atoms with Crippen LogP contribution < -0.4 is 15.3 Å². The molecule has 3 aromatic carbocycles. The molecule has 114 valence electrons. The fourth-order valence-electron chi connectivity index (χ4n) is 3.89. The van der Waals surface area contributed by atoms with E-state index in [1.165, 1.54) is 22.5 Å². The first-order valence-electron chi connectivity index (χ1n) is 8.13.